The van der Waals surface area contributed by atoms with Crippen molar-refractivity contribution in [2.24, 2.45) is 5.92 Å². The molecule has 0 bridgehead atoms. The molecule has 0 amide bonds. The van der Waals surface area contributed by atoms with Crippen LogP contribution in [0.3, 0.4) is 0 Å². The van der Waals surface area contributed by atoms with Crippen molar-refractivity contribution in [1.29, 1.82) is 0 Å². The minimum atomic E-state index is 0.242. The van der Waals surface area contributed by atoms with E-state index in [9.17, 15) is 0 Å². The lowest BCUT2D eigenvalue weighted by molar-refractivity contribution is 0.289. The summed E-state index contributed by atoms with van der Waals surface area (Å²) in [6, 6.07) is 8.46. The first-order chi connectivity index (χ1) is 9.49. The summed E-state index contributed by atoms with van der Waals surface area (Å²) in [5.74, 6) is 1.67. The monoisotopic (exact) mass is 277 g/mol. The van der Waals surface area contributed by atoms with Crippen LogP contribution in [-0.4, -0.2) is 12.1 Å². The lowest BCUT2D eigenvalue weighted by atomic mass is 9.95. The van der Waals surface area contributed by atoms with Crippen LogP contribution in [0.25, 0.3) is 0 Å². The van der Waals surface area contributed by atoms with E-state index in [0.717, 1.165) is 38.2 Å². The molecule has 1 aromatic rings. The topological polar surface area (TPSA) is 21.3 Å². The van der Waals surface area contributed by atoms with E-state index in [4.69, 9.17) is 4.74 Å². The van der Waals surface area contributed by atoms with E-state index in [2.05, 4.69) is 64.2 Å². The molecule has 0 saturated carbocycles. The third-order valence-electron chi connectivity index (χ3n) is 4.17. The van der Waals surface area contributed by atoms with Crippen molar-refractivity contribution in [3.63, 3.8) is 0 Å². The SMILES string of the molecule is CCC(C)(CC)NCc1ccc(OCCC(C)C)cc1. The minimum absolute atomic E-state index is 0.242. The second kappa shape index (κ2) is 8.31. The molecule has 2 nitrogen and oxygen atoms in total. The summed E-state index contributed by atoms with van der Waals surface area (Å²) in [5.41, 5.74) is 1.56. The fraction of sp³-hybridized carbons (Fsp3) is 0.667. The second-order valence-corrected chi connectivity index (χ2v) is 6.30. The predicted octanol–water partition coefficient (Wildman–Crippen LogP) is 4.78. The molecule has 0 aliphatic carbocycles. The standard InChI is InChI=1S/C18H31NO/c1-6-18(5,7-2)19-14-16-8-10-17(11-9-16)20-13-12-15(3)4/h8-11,15,19H,6-7,12-14H2,1-5H3. The Bertz CT molecular complexity index is 366. The highest BCUT2D eigenvalue weighted by atomic mass is 16.5. The quantitative estimate of drug-likeness (QED) is 0.701. The van der Waals surface area contributed by atoms with E-state index >= 15 is 0 Å². The number of hydrogen-bond donors (Lipinski definition) is 1. The molecule has 0 heterocycles. The molecule has 114 valence electrons. The van der Waals surface area contributed by atoms with Crippen LogP contribution >= 0.6 is 0 Å². The van der Waals surface area contributed by atoms with Gasteiger partial charge in [0.05, 0.1) is 6.61 Å². The highest BCUT2D eigenvalue weighted by molar-refractivity contribution is 5.27. The molecule has 2 heteroatoms. The van der Waals surface area contributed by atoms with Gasteiger partial charge in [-0.05, 0) is 49.8 Å². The van der Waals surface area contributed by atoms with Crippen molar-refractivity contribution < 1.29 is 4.74 Å². The summed E-state index contributed by atoms with van der Waals surface area (Å²) in [7, 11) is 0. The van der Waals surface area contributed by atoms with Gasteiger partial charge in [0.1, 0.15) is 5.75 Å². The first-order valence-corrected chi connectivity index (χ1v) is 7.96. The predicted molar refractivity (Wildman–Crippen MR) is 87.2 cm³/mol. The lowest BCUT2D eigenvalue weighted by Gasteiger charge is -2.28. The van der Waals surface area contributed by atoms with Gasteiger partial charge in [0.15, 0.2) is 0 Å². The molecule has 1 aromatic carbocycles. The average molecular weight is 277 g/mol. The van der Waals surface area contributed by atoms with Crippen molar-refractivity contribution in [2.75, 3.05) is 6.61 Å². The molecular formula is C18H31NO. The Balaban J connectivity index is 2.42. The fourth-order valence-electron chi connectivity index (χ4n) is 1.93. The summed E-state index contributed by atoms with van der Waals surface area (Å²) < 4.78 is 5.74. The zero-order chi connectivity index (χ0) is 15.0. The Kier molecular flexibility index (Phi) is 7.08. The molecule has 0 radical (unpaired) electrons. The summed E-state index contributed by atoms with van der Waals surface area (Å²) in [6.07, 6.45) is 3.41. The van der Waals surface area contributed by atoms with Gasteiger partial charge in [0, 0.05) is 12.1 Å². The second-order valence-electron chi connectivity index (χ2n) is 6.30. The number of ether oxygens (including phenoxy) is 1. The van der Waals surface area contributed by atoms with Crippen molar-refractivity contribution in [3.8, 4) is 5.75 Å². The molecule has 0 unspecified atom stereocenters. The minimum Gasteiger partial charge on any atom is -0.494 e. The number of benzene rings is 1. The third-order valence-corrected chi connectivity index (χ3v) is 4.17. The van der Waals surface area contributed by atoms with E-state index in [1.54, 1.807) is 0 Å². The zero-order valence-electron chi connectivity index (χ0n) is 13.8. The van der Waals surface area contributed by atoms with Gasteiger partial charge in [-0.2, -0.15) is 0 Å². The first-order valence-electron chi connectivity index (χ1n) is 7.96. The van der Waals surface area contributed by atoms with Gasteiger partial charge >= 0.3 is 0 Å². The molecule has 0 aromatic heterocycles. The van der Waals surface area contributed by atoms with Crippen LogP contribution < -0.4 is 10.1 Å². The third kappa shape index (κ3) is 5.96. The van der Waals surface area contributed by atoms with E-state index in [0.29, 0.717) is 5.92 Å². The van der Waals surface area contributed by atoms with E-state index in [-0.39, 0.29) is 5.54 Å². The van der Waals surface area contributed by atoms with Gasteiger partial charge < -0.3 is 10.1 Å². The van der Waals surface area contributed by atoms with Gasteiger partial charge in [-0.3, -0.25) is 0 Å². The summed E-state index contributed by atoms with van der Waals surface area (Å²) in [5, 5.41) is 3.65. The lowest BCUT2D eigenvalue weighted by Crippen LogP contribution is -2.40. The van der Waals surface area contributed by atoms with Crippen LogP contribution in [-0.2, 0) is 6.54 Å². The maximum absolute atomic E-state index is 5.74. The summed E-state index contributed by atoms with van der Waals surface area (Å²) in [6.45, 7) is 12.9. The van der Waals surface area contributed by atoms with Crippen LogP contribution in [0.2, 0.25) is 0 Å². The van der Waals surface area contributed by atoms with Gasteiger partial charge in [0.2, 0.25) is 0 Å². The van der Waals surface area contributed by atoms with Gasteiger partial charge in [-0.1, -0.05) is 39.8 Å². The summed E-state index contributed by atoms with van der Waals surface area (Å²) in [4.78, 5) is 0. The normalized spacial score (nSPS) is 11.9. The zero-order valence-corrected chi connectivity index (χ0v) is 13.8. The maximum Gasteiger partial charge on any atom is 0.119 e. The molecule has 20 heavy (non-hydrogen) atoms. The first kappa shape index (κ1) is 17.0. The highest BCUT2D eigenvalue weighted by Gasteiger charge is 2.17. The molecule has 1 N–H and O–H groups in total. The average Bonchev–Trinajstić information content (AvgIpc) is 2.46. The van der Waals surface area contributed by atoms with Crippen LogP contribution in [0.15, 0.2) is 24.3 Å². The Morgan fingerprint density at radius 3 is 2.20 bits per heavy atom. The number of hydrogen-bond acceptors (Lipinski definition) is 2. The van der Waals surface area contributed by atoms with Crippen molar-refractivity contribution >= 4 is 0 Å². The van der Waals surface area contributed by atoms with Crippen LogP contribution in [0, 0.1) is 5.92 Å². The van der Waals surface area contributed by atoms with E-state index < -0.39 is 0 Å². The molecule has 0 aliphatic heterocycles. The maximum atomic E-state index is 5.74. The largest absolute Gasteiger partial charge is 0.494 e. The summed E-state index contributed by atoms with van der Waals surface area (Å²) >= 11 is 0. The van der Waals surface area contributed by atoms with E-state index in [1.807, 2.05) is 0 Å². The van der Waals surface area contributed by atoms with Crippen LogP contribution in [0.1, 0.15) is 59.4 Å². The smallest absolute Gasteiger partial charge is 0.119 e. The Hall–Kier alpha value is -1.02. The number of nitrogens with one attached hydrogen (secondary N) is 1. The Morgan fingerprint density at radius 2 is 1.70 bits per heavy atom. The highest BCUT2D eigenvalue weighted by Crippen LogP contribution is 2.17. The molecule has 0 spiro atoms. The Labute approximate surface area is 124 Å². The molecule has 0 atom stereocenters. The molecule has 0 aliphatic rings. The molecule has 1 rings (SSSR count). The van der Waals surface area contributed by atoms with Crippen molar-refractivity contribution in [1.82, 2.24) is 5.32 Å². The number of rotatable bonds is 9. The van der Waals surface area contributed by atoms with Gasteiger partial charge in [-0.25, -0.2) is 0 Å². The van der Waals surface area contributed by atoms with Crippen LogP contribution in [0.5, 0.6) is 5.75 Å². The molecule has 0 saturated heterocycles. The van der Waals surface area contributed by atoms with Gasteiger partial charge in [-0.15, -0.1) is 0 Å². The van der Waals surface area contributed by atoms with Gasteiger partial charge in [0.25, 0.3) is 0 Å². The van der Waals surface area contributed by atoms with Crippen molar-refractivity contribution in [3.05, 3.63) is 29.8 Å². The molecule has 0 fully saturated rings. The van der Waals surface area contributed by atoms with Crippen molar-refractivity contribution in [2.45, 2.75) is 66.0 Å². The molecular weight excluding hydrogens is 246 g/mol. The fourth-order valence-corrected chi connectivity index (χ4v) is 1.93. The van der Waals surface area contributed by atoms with E-state index in [1.165, 1.54) is 5.56 Å². The van der Waals surface area contributed by atoms with Crippen LogP contribution in [0.4, 0.5) is 0 Å². The Morgan fingerprint density at radius 1 is 1.10 bits per heavy atom.